The number of carbonyl (C=O) groups excluding carboxylic acids is 1. The van der Waals surface area contributed by atoms with Crippen molar-refractivity contribution in [3.63, 3.8) is 0 Å². The smallest absolute Gasteiger partial charge is 0.267 e. The first-order valence-electron chi connectivity index (χ1n) is 10.6. The number of amides is 1. The van der Waals surface area contributed by atoms with E-state index in [0.29, 0.717) is 6.42 Å². The Balaban J connectivity index is 1.57. The number of aromatic nitrogens is 3. The molecule has 0 spiro atoms. The fourth-order valence-corrected chi connectivity index (χ4v) is 5.06. The van der Waals surface area contributed by atoms with E-state index in [2.05, 4.69) is 9.97 Å². The van der Waals surface area contributed by atoms with Crippen molar-refractivity contribution >= 4 is 32.9 Å². The van der Waals surface area contributed by atoms with Gasteiger partial charge in [-0.1, -0.05) is 42.5 Å². The molecule has 0 atom stereocenters. The van der Waals surface area contributed by atoms with Gasteiger partial charge in [0, 0.05) is 49.5 Å². The molecule has 176 valence electrons. The van der Waals surface area contributed by atoms with Gasteiger partial charge in [-0.2, -0.15) is 4.31 Å². The summed E-state index contributed by atoms with van der Waals surface area (Å²) >= 11 is 0. The number of sulfonamides is 1. The maximum absolute atomic E-state index is 13.4. The normalized spacial score (nSPS) is 12.1. The maximum Gasteiger partial charge on any atom is 0.267 e. The van der Waals surface area contributed by atoms with Gasteiger partial charge in [0.2, 0.25) is 0 Å². The molecule has 2 aromatic heterocycles. The van der Waals surface area contributed by atoms with Crippen LogP contribution in [0.1, 0.15) is 16.7 Å². The van der Waals surface area contributed by atoms with Crippen LogP contribution in [-0.4, -0.2) is 44.9 Å². The van der Waals surface area contributed by atoms with Gasteiger partial charge in [0.25, 0.3) is 15.9 Å². The van der Waals surface area contributed by atoms with Gasteiger partial charge in [-0.05, 0) is 35.3 Å². The lowest BCUT2D eigenvalue weighted by Crippen LogP contribution is -2.32. The van der Waals surface area contributed by atoms with Crippen molar-refractivity contribution in [2.24, 2.45) is 7.05 Å². The Bertz CT molecular complexity index is 1420. The lowest BCUT2D eigenvalue weighted by Gasteiger charge is -2.21. The van der Waals surface area contributed by atoms with Crippen molar-refractivity contribution in [2.75, 3.05) is 6.54 Å². The molecule has 0 bridgehead atoms. The van der Waals surface area contributed by atoms with E-state index in [-0.39, 0.29) is 18.1 Å². The summed E-state index contributed by atoms with van der Waals surface area (Å²) in [5, 5.41) is 9.66. The van der Waals surface area contributed by atoms with Crippen LogP contribution in [0.2, 0.25) is 0 Å². The van der Waals surface area contributed by atoms with Crippen LogP contribution in [-0.2, 0) is 34.8 Å². The fraction of sp³-hybridized carbons (Fsp3) is 0.167. The van der Waals surface area contributed by atoms with E-state index in [0.717, 1.165) is 27.6 Å². The largest absolute Gasteiger partial charge is 0.361 e. The predicted molar refractivity (Wildman–Crippen MR) is 128 cm³/mol. The first-order valence-corrected chi connectivity index (χ1v) is 12.0. The molecule has 4 rings (SSSR count). The number of hydrogen-bond donors (Lipinski definition) is 3. The molecular formula is C24H25N5O4S. The third-order valence-corrected chi connectivity index (χ3v) is 7.20. The van der Waals surface area contributed by atoms with Crippen LogP contribution in [0.5, 0.6) is 0 Å². The number of aryl methyl sites for hydroxylation is 1. The Kier molecular flexibility index (Phi) is 6.92. The zero-order valence-electron chi connectivity index (χ0n) is 18.5. The van der Waals surface area contributed by atoms with Gasteiger partial charge >= 0.3 is 0 Å². The van der Waals surface area contributed by atoms with E-state index in [1.165, 1.54) is 28.4 Å². The van der Waals surface area contributed by atoms with E-state index in [9.17, 15) is 13.2 Å². The van der Waals surface area contributed by atoms with E-state index in [1.54, 1.807) is 29.8 Å². The summed E-state index contributed by atoms with van der Waals surface area (Å²) in [4.78, 5) is 18.5. The molecule has 4 aromatic rings. The number of rotatable bonds is 9. The van der Waals surface area contributed by atoms with Gasteiger partial charge in [0.1, 0.15) is 0 Å². The zero-order valence-corrected chi connectivity index (χ0v) is 19.4. The summed E-state index contributed by atoms with van der Waals surface area (Å²) in [6.45, 7) is 0.446. The summed E-state index contributed by atoms with van der Waals surface area (Å²) in [5.41, 5.74) is 5.12. The second kappa shape index (κ2) is 10.0. The van der Waals surface area contributed by atoms with Crippen molar-refractivity contribution in [3.8, 4) is 0 Å². The molecule has 1 amide bonds. The van der Waals surface area contributed by atoms with Crippen molar-refractivity contribution in [1.29, 1.82) is 0 Å². The molecule has 0 saturated heterocycles. The number of imidazole rings is 1. The number of H-pyrrole nitrogens is 1. The zero-order chi connectivity index (χ0) is 24.1. The Morgan fingerprint density at radius 1 is 1.21 bits per heavy atom. The fourth-order valence-electron chi connectivity index (χ4n) is 3.67. The van der Waals surface area contributed by atoms with Crippen molar-refractivity contribution in [3.05, 3.63) is 90.0 Å². The van der Waals surface area contributed by atoms with Crippen LogP contribution in [0.3, 0.4) is 0 Å². The molecule has 0 aliphatic rings. The lowest BCUT2D eigenvalue weighted by molar-refractivity contribution is -0.124. The highest BCUT2D eigenvalue weighted by Crippen LogP contribution is 2.22. The Morgan fingerprint density at radius 3 is 2.68 bits per heavy atom. The third kappa shape index (κ3) is 5.25. The van der Waals surface area contributed by atoms with Crippen molar-refractivity contribution in [1.82, 2.24) is 24.3 Å². The average molecular weight is 480 g/mol. The number of carbonyl (C=O) groups is 1. The highest BCUT2D eigenvalue weighted by molar-refractivity contribution is 7.89. The third-order valence-electron chi connectivity index (χ3n) is 5.47. The predicted octanol–water partition coefficient (Wildman–Crippen LogP) is 2.85. The van der Waals surface area contributed by atoms with Crippen molar-refractivity contribution < 1.29 is 18.4 Å². The monoisotopic (exact) mass is 479 g/mol. The SMILES string of the molecule is Cn1cnc(S(=O)(=O)N(CCc2c[nH]c3ccccc23)Cc2ccc(C=CC(=O)NO)cc2)c1. The number of nitrogens with one attached hydrogen (secondary N) is 2. The minimum absolute atomic E-state index is 0.00324. The van der Waals surface area contributed by atoms with E-state index < -0.39 is 15.9 Å². The van der Waals surface area contributed by atoms with E-state index in [1.807, 2.05) is 42.6 Å². The second-order valence-electron chi connectivity index (χ2n) is 7.88. The minimum Gasteiger partial charge on any atom is -0.361 e. The highest BCUT2D eigenvalue weighted by Gasteiger charge is 2.27. The topological polar surface area (TPSA) is 120 Å². The number of fused-ring (bicyclic) bond motifs is 1. The molecular weight excluding hydrogens is 454 g/mol. The number of aromatic amines is 1. The molecule has 34 heavy (non-hydrogen) atoms. The molecule has 0 saturated carbocycles. The highest BCUT2D eigenvalue weighted by atomic mass is 32.2. The van der Waals surface area contributed by atoms with Crippen LogP contribution in [0.15, 0.2) is 78.4 Å². The second-order valence-corrected chi connectivity index (χ2v) is 9.76. The molecule has 0 fully saturated rings. The van der Waals surface area contributed by atoms with Crippen LogP contribution in [0.4, 0.5) is 0 Å². The maximum atomic E-state index is 13.4. The first kappa shape index (κ1) is 23.4. The van der Waals surface area contributed by atoms with Crippen LogP contribution in [0.25, 0.3) is 17.0 Å². The number of benzene rings is 2. The van der Waals surface area contributed by atoms with Crippen LogP contribution >= 0.6 is 0 Å². The summed E-state index contributed by atoms with van der Waals surface area (Å²) in [6, 6.07) is 15.1. The van der Waals surface area contributed by atoms with Crippen LogP contribution in [0, 0.1) is 0 Å². The average Bonchev–Trinajstić information content (AvgIpc) is 3.47. The van der Waals surface area contributed by atoms with Gasteiger partial charge < -0.3 is 9.55 Å². The molecule has 2 heterocycles. The molecule has 0 unspecified atom stereocenters. The quantitative estimate of drug-likeness (QED) is 0.194. The molecule has 3 N–H and O–H groups in total. The minimum atomic E-state index is -3.82. The van der Waals surface area contributed by atoms with Gasteiger partial charge in [-0.25, -0.2) is 18.9 Å². The molecule has 0 aliphatic heterocycles. The van der Waals surface area contributed by atoms with Gasteiger partial charge in [0.05, 0.1) is 6.33 Å². The van der Waals surface area contributed by atoms with Gasteiger partial charge in [0.15, 0.2) is 5.03 Å². The molecule has 2 aromatic carbocycles. The van der Waals surface area contributed by atoms with Gasteiger partial charge in [-0.15, -0.1) is 0 Å². The summed E-state index contributed by atoms with van der Waals surface area (Å²) < 4.78 is 29.9. The molecule has 9 nitrogen and oxygen atoms in total. The first-order chi connectivity index (χ1) is 16.4. The van der Waals surface area contributed by atoms with Gasteiger partial charge in [-0.3, -0.25) is 10.0 Å². The number of hydroxylamine groups is 1. The number of para-hydroxylation sites is 1. The number of nitrogens with zero attached hydrogens (tertiary/aromatic N) is 3. The Hall–Kier alpha value is -3.73. The standard InChI is InChI=1S/C24H25N5O4S/c1-28-16-24(26-17-28)34(32,33)29(13-12-20-14-25-22-5-3-2-4-21(20)22)15-19-8-6-18(7-9-19)10-11-23(30)27-31/h2-11,14,16-17,25,31H,12-13,15H2,1H3,(H,27,30). The van der Waals surface area contributed by atoms with Crippen LogP contribution < -0.4 is 5.48 Å². The number of hydrogen-bond acceptors (Lipinski definition) is 5. The lowest BCUT2D eigenvalue weighted by atomic mass is 10.1. The molecule has 0 aliphatic carbocycles. The summed E-state index contributed by atoms with van der Waals surface area (Å²) in [7, 11) is -2.10. The van der Waals surface area contributed by atoms with E-state index in [4.69, 9.17) is 5.21 Å². The summed E-state index contributed by atoms with van der Waals surface area (Å²) in [5.74, 6) is -0.631. The molecule has 10 heteroatoms. The summed E-state index contributed by atoms with van der Waals surface area (Å²) in [6.07, 6.45) is 8.17. The van der Waals surface area contributed by atoms with Crippen molar-refractivity contribution in [2.45, 2.75) is 18.0 Å². The Morgan fingerprint density at radius 2 is 1.97 bits per heavy atom. The Labute approximate surface area is 197 Å². The molecule has 0 radical (unpaired) electrons. The van der Waals surface area contributed by atoms with E-state index >= 15 is 0 Å².